The first kappa shape index (κ1) is 6.10. The number of nitrogens with two attached hydrogens (primary N) is 1. The normalized spacial score (nSPS) is 10.0. The van der Waals surface area contributed by atoms with Crippen molar-refractivity contribution in [3.63, 3.8) is 0 Å². The maximum absolute atomic E-state index is 8.92. The maximum atomic E-state index is 8.92. The number of hydrogen-bond donors (Lipinski definition) is 2. The van der Waals surface area contributed by atoms with E-state index in [0.717, 1.165) is 0 Å². The van der Waals surface area contributed by atoms with Crippen molar-refractivity contribution >= 4 is 0 Å². The highest BCUT2D eigenvalue weighted by Gasteiger charge is 1.98. The van der Waals surface area contributed by atoms with Crippen molar-refractivity contribution in [3.8, 4) is 5.88 Å². The summed E-state index contributed by atoms with van der Waals surface area (Å²) >= 11 is 0. The lowest BCUT2D eigenvalue weighted by Gasteiger charge is -1.87. The molecule has 0 radical (unpaired) electrons. The van der Waals surface area contributed by atoms with Crippen LogP contribution in [0, 0.1) is 0 Å². The summed E-state index contributed by atoms with van der Waals surface area (Å²) in [4.78, 5) is 0. The van der Waals surface area contributed by atoms with Crippen LogP contribution in [0.5, 0.6) is 5.88 Å². The highest BCUT2D eigenvalue weighted by molar-refractivity contribution is 5.13. The second-order valence-corrected chi connectivity index (χ2v) is 1.82. The van der Waals surface area contributed by atoms with Crippen molar-refractivity contribution in [2.24, 2.45) is 12.8 Å². The average Bonchev–Trinajstić information content (AvgIpc) is 2.13. The molecule has 0 aliphatic rings. The minimum Gasteiger partial charge on any atom is -0.493 e. The Kier molecular flexibility index (Phi) is 1.40. The quantitative estimate of drug-likeness (QED) is 0.538. The monoisotopic (exact) mass is 127 g/mol. The van der Waals surface area contributed by atoms with Gasteiger partial charge in [-0.05, 0) is 0 Å². The molecule has 4 heteroatoms. The predicted octanol–water partition coefficient (Wildman–Crippen LogP) is -0.416. The number of aromatic nitrogens is 2. The first-order chi connectivity index (χ1) is 4.24. The SMILES string of the molecule is Cn1nc(CN)cc1O. The Hall–Kier alpha value is -1.03. The highest BCUT2D eigenvalue weighted by Crippen LogP contribution is 2.07. The molecule has 0 atom stereocenters. The highest BCUT2D eigenvalue weighted by atomic mass is 16.3. The van der Waals surface area contributed by atoms with Crippen molar-refractivity contribution in [2.45, 2.75) is 6.54 Å². The van der Waals surface area contributed by atoms with E-state index in [2.05, 4.69) is 5.10 Å². The third-order valence-corrected chi connectivity index (χ3v) is 1.11. The fourth-order valence-electron chi connectivity index (χ4n) is 0.615. The first-order valence-electron chi connectivity index (χ1n) is 2.66. The van der Waals surface area contributed by atoms with Crippen molar-refractivity contribution < 1.29 is 5.11 Å². The van der Waals surface area contributed by atoms with Gasteiger partial charge in [0.05, 0.1) is 5.69 Å². The number of aryl methyl sites for hydroxylation is 1. The molecular formula is C5H9N3O. The predicted molar refractivity (Wildman–Crippen MR) is 32.8 cm³/mol. The zero-order chi connectivity index (χ0) is 6.85. The average molecular weight is 127 g/mol. The van der Waals surface area contributed by atoms with Gasteiger partial charge in [-0.25, -0.2) is 4.68 Å². The molecule has 0 aromatic carbocycles. The molecule has 0 aliphatic carbocycles. The largest absolute Gasteiger partial charge is 0.493 e. The van der Waals surface area contributed by atoms with Gasteiger partial charge in [0.25, 0.3) is 0 Å². The summed E-state index contributed by atoms with van der Waals surface area (Å²) in [5.74, 6) is 0.149. The zero-order valence-electron chi connectivity index (χ0n) is 5.20. The molecule has 1 aromatic heterocycles. The summed E-state index contributed by atoms with van der Waals surface area (Å²) in [6.07, 6.45) is 0. The van der Waals surface area contributed by atoms with Crippen molar-refractivity contribution in [3.05, 3.63) is 11.8 Å². The van der Waals surface area contributed by atoms with Gasteiger partial charge in [0.15, 0.2) is 0 Å². The second kappa shape index (κ2) is 2.06. The summed E-state index contributed by atoms with van der Waals surface area (Å²) in [7, 11) is 1.66. The molecule has 0 bridgehead atoms. The smallest absolute Gasteiger partial charge is 0.209 e. The molecule has 0 unspecified atom stereocenters. The molecule has 4 nitrogen and oxygen atoms in total. The molecule has 0 spiro atoms. The van der Waals surface area contributed by atoms with E-state index >= 15 is 0 Å². The van der Waals surface area contributed by atoms with Crippen molar-refractivity contribution in [1.29, 1.82) is 0 Å². The molecule has 0 saturated carbocycles. The van der Waals surface area contributed by atoms with Gasteiger partial charge < -0.3 is 10.8 Å². The lowest BCUT2D eigenvalue weighted by molar-refractivity contribution is 0.419. The van der Waals surface area contributed by atoms with Crippen LogP contribution in [0.3, 0.4) is 0 Å². The van der Waals surface area contributed by atoms with Gasteiger partial charge in [0.1, 0.15) is 0 Å². The first-order valence-corrected chi connectivity index (χ1v) is 2.66. The van der Waals surface area contributed by atoms with E-state index in [4.69, 9.17) is 10.8 Å². The van der Waals surface area contributed by atoms with E-state index in [-0.39, 0.29) is 5.88 Å². The fourth-order valence-corrected chi connectivity index (χ4v) is 0.615. The Morgan fingerprint density at radius 1 is 1.89 bits per heavy atom. The summed E-state index contributed by atoms with van der Waals surface area (Å²) in [5, 5.41) is 12.8. The van der Waals surface area contributed by atoms with Gasteiger partial charge >= 0.3 is 0 Å². The van der Waals surface area contributed by atoms with Gasteiger partial charge in [0.2, 0.25) is 5.88 Å². The van der Waals surface area contributed by atoms with Gasteiger partial charge in [-0.15, -0.1) is 0 Å². The number of hydrogen-bond acceptors (Lipinski definition) is 3. The van der Waals surface area contributed by atoms with Crippen LogP contribution in [0.4, 0.5) is 0 Å². The van der Waals surface area contributed by atoms with Gasteiger partial charge in [-0.2, -0.15) is 5.10 Å². The topological polar surface area (TPSA) is 64.1 Å². The summed E-state index contributed by atoms with van der Waals surface area (Å²) in [6.45, 7) is 0.369. The molecule has 0 saturated heterocycles. The van der Waals surface area contributed by atoms with E-state index in [9.17, 15) is 0 Å². The molecule has 1 aromatic rings. The molecule has 9 heavy (non-hydrogen) atoms. The Morgan fingerprint density at radius 2 is 2.56 bits per heavy atom. The van der Waals surface area contributed by atoms with Crippen LogP contribution in [0.2, 0.25) is 0 Å². The Bertz CT molecular complexity index is 186. The molecule has 0 fully saturated rings. The molecule has 3 N–H and O–H groups in total. The van der Waals surface area contributed by atoms with Gasteiger partial charge in [-0.3, -0.25) is 0 Å². The van der Waals surface area contributed by atoms with E-state index in [1.807, 2.05) is 0 Å². The number of rotatable bonds is 1. The third kappa shape index (κ3) is 1.02. The summed E-state index contributed by atoms with van der Waals surface area (Å²) < 4.78 is 1.38. The van der Waals surface area contributed by atoms with Crippen molar-refractivity contribution in [2.75, 3.05) is 0 Å². The van der Waals surface area contributed by atoms with Crippen LogP contribution in [0.25, 0.3) is 0 Å². The van der Waals surface area contributed by atoms with E-state index in [0.29, 0.717) is 12.2 Å². The van der Waals surface area contributed by atoms with E-state index in [1.165, 1.54) is 4.68 Å². The van der Waals surface area contributed by atoms with Crippen LogP contribution in [-0.2, 0) is 13.6 Å². The minimum absolute atomic E-state index is 0.149. The standard InChI is InChI=1S/C5H9N3O/c1-8-5(9)2-4(3-6)7-8/h2,9H,3,6H2,1H3. The molecule has 1 heterocycles. The van der Waals surface area contributed by atoms with E-state index < -0.39 is 0 Å². The second-order valence-electron chi connectivity index (χ2n) is 1.82. The Labute approximate surface area is 52.9 Å². The molecule has 0 aliphatic heterocycles. The van der Waals surface area contributed by atoms with Crippen LogP contribution in [0.1, 0.15) is 5.69 Å². The number of nitrogens with zero attached hydrogens (tertiary/aromatic N) is 2. The van der Waals surface area contributed by atoms with E-state index in [1.54, 1.807) is 13.1 Å². The lowest BCUT2D eigenvalue weighted by atomic mass is 10.4. The maximum Gasteiger partial charge on any atom is 0.209 e. The van der Waals surface area contributed by atoms with Crippen LogP contribution in [-0.4, -0.2) is 14.9 Å². The summed E-state index contributed by atoms with van der Waals surface area (Å²) in [6, 6.07) is 1.54. The van der Waals surface area contributed by atoms with Crippen LogP contribution >= 0.6 is 0 Å². The number of aromatic hydroxyl groups is 1. The van der Waals surface area contributed by atoms with Crippen LogP contribution in [0.15, 0.2) is 6.07 Å². The van der Waals surface area contributed by atoms with Crippen molar-refractivity contribution in [1.82, 2.24) is 9.78 Å². The summed E-state index contributed by atoms with van der Waals surface area (Å²) in [5.41, 5.74) is 5.95. The molecule has 1 rings (SSSR count). The fraction of sp³-hybridized carbons (Fsp3) is 0.400. The molecular weight excluding hydrogens is 118 g/mol. The van der Waals surface area contributed by atoms with Crippen LogP contribution < -0.4 is 5.73 Å². The minimum atomic E-state index is 0.149. The molecule has 50 valence electrons. The van der Waals surface area contributed by atoms with Gasteiger partial charge in [0, 0.05) is 19.7 Å². The Balaban J connectivity index is 2.98. The Morgan fingerprint density at radius 3 is 2.78 bits per heavy atom. The van der Waals surface area contributed by atoms with Gasteiger partial charge in [-0.1, -0.05) is 0 Å². The molecule has 0 amide bonds. The lowest BCUT2D eigenvalue weighted by Crippen LogP contribution is -1.98. The third-order valence-electron chi connectivity index (χ3n) is 1.11. The zero-order valence-corrected chi connectivity index (χ0v) is 5.20.